The topological polar surface area (TPSA) is 57.8 Å². The average molecular weight is 329 g/mol. The number of alkyl halides is 3. The molecule has 0 aliphatic carbocycles. The van der Waals surface area contributed by atoms with E-state index in [2.05, 4.69) is 15.5 Å². The van der Waals surface area contributed by atoms with E-state index in [9.17, 15) is 22.4 Å². The highest BCUT2D eigenvalue weighted by molar-refractivity contribution is 5.92. The predicted molar refractivity (Wildman–Crippen MR) is 75.2 cm³/mol. The molecule has 1 heterocycles. The third-order valence-corrected chi connectivity index (χ3v) is 3.20. The largest absolute Gasteiger partial charge is 0.416 e. The first-order valence-corrected chi connectivity index (χ1v) is 6.99. The first kappa shape index (κ1) is 17.0. The maximum Gasteiger partial charge on any atom is 0.416 e. The first-order valence-electron chi connectivity index (χ1n) is 6.99. The maximum atomic E-state index is 13.7. The van der Waals surface area contributed by atoms with Gasteiger partial charge >= 0.3 is 6.18 Å². The van der Waals surface area contributed by atoms with E-state index in [4.69, 9.17) is 0 Å². The number of aryl methyl sites for hydroxylation is 1. The summed E-state index contributed by atoms with van der Waals surface area (Å²) in [5.74, 6) is -1.54. The summed E-state index contributed by atoms with van der Waals surface area (Å²) in [5, 5.41) is 8.97. The average Bonchev–Trinajstić information content (AvgIpc) is 2.94. The monoisotopic (exact) mass is 329 g/mol. The number of H-pyrrole nitrogens is 1. The molecule has 1 aromatic carbocycles. The van der Waals surface area contributed by atoms with Crippen molar-refractivity contribution in [3.05, 3.63) is 52.6 Å². The van der Waals surface area contributed by atoms with Crippen molar-refractivity contribution in [3.8, 4) is 0 Å². The van der Waals surface area contributed by atoms with Gasteiger partial charge in [-0.15, -0.1) is 0 Å². The lowest BCUT2D eigenvalue weighted by Gasteiger charge is -2.09. The van der Waals surface area contributed by atoms with Crippen molar-refractivity contribution in [2.45, 2.75) is 32.5 Å². The van der Waals surface area contributed by atoms with Crippen molar-refractivity contribution >= 4 is 5.91 Å². The lowest BCUT2D eigenvalue weighted by atomic mass is 10.1. The van der Waals surface area contributed by atoms with Crippen molar-refractivity contribution < 1.29 is 22.4 Å². The normalized spacial score (nSPS) is 11.5. The number of carbonyl (C=O) groups is 1. The van der Waals surface area contributed by atoms with Gasteiger partial charge in [0.1, 0.15) is 11.5 Å². The molecule has 8 heteroatoms. The Labute approximate surface area is 129 Å². The molecular weight excluding hydrogens is 314 g/mol. The summed E-state index contributed by atoms with van der Waals surface area (Å²) < 4.78 is 51.0. The number of aromatic nitrogens is 2. The standard InChI is InChI=1S/C15H15F4N3O/c1-2-3-11-7-13(22-21-11)14(23)20-8-9-4-5-10(6-12(9)16)15(17,18)19/h4-7H,2-3,8H2,1H3,(H,20,23)(H,21,22). The van der Waals surface area contributed by atoms with E-state index in [0.29, 0.717) is 6.07 Å². The molecule has 0 aliphatic heterocycles. The number of hydrogen-bond donors (Lipinski definition) is 2. The molecule has 0 unspecified atom stereocenters. The molecule has 0 radical (unpaired) electrons. The van der Waals surface area contributed by atoms with Crippen LogP contribution >= 0.6 is 0 Å². The molecule has 124 valence electrons. The number of hydrogen-bond acceptors (Lipinski definition) is 2. The van der Waals surface area contributed by atoms with Gasteiger partial charge in [0.25, 0.3) is 5.91 Å². The molecule has 1 aromatic heterocycles. The second-order valence-electron chi connectivity index (χ2n) is 5.02. The van der Waals surface area contributed by atoms with Crippen molar-refractivity contribution in [2.24, 2.45) is 0 Å². The van der Waals surface area contributed by atoms with Crippen LogP contribution in [-0.2, 0) is 19.1 Å². The van der Waals surface area contributed by atoms with E-state index in [1.54, 1.807) is 6.07 Å². The Balaban J connectivity index is 2.01. The van der Waals surface area contributed by atoms with Crippen molar-refractivity contribution in [1.82, 2.24) is 15.5 Å². The molecule has 1 amide bonds. The van der Waals surface area contributed by atoms with Crippen LogP contribution in [0.25, 0.3) is 0 Å². The van der Waals surface area contributed by atoms with Crippen LogP contribution in [0.4, 0.5) is 17.6 Å². The SMILES string of the molecule is CCCc1cc(C(=O)NCc2ccc(C(F)(F)F)cc2F)n[nH]1. The zero-order valence-corrected chi connectivity index (χ0v) is 12.3. The highest BCUT2D eigenvalue weighted by Crippen LogP contribution is 2.30. The molecule has 0 fully saturated rings. The van der Waals surface area contributed by atoms with Gasteiger partial charge in [0, 0.05) is 17.8 Å². The Hall–Kier alpha value is -2.38. The Bertz CT molecular complexity index is 694. The zero-order valence-electron chi connectivity index (χ0n) is 12.3. The summed E-state index contributed by atoms with van der Waals surface area (Å²) in [6.45, 7) is 1.76. The molecule has 0 bridgehead atoms. The van der Waals surface area contributed by atoms with Gasteiger partial charge in [0.05, 0.1) is 5.56 Å². The van der Waals surface area contributed by atoms with E-state index in [1.165, 1.54) is 0 Å². The van der Waals surface area contributed by atoms with Gasteiger partial charge in [0.15, 0.2) is 0 Å². The van der Waals surface area contributed by atoms with E-state index < -0.39 is 23.5 Å². The van der Waals surface area contributed by atoms with Gasteiger partial charge in [-0.2, -0.15) is 18.3 Å². The molecule has 0 spiro atoms. The molecular formula is C15H15F4N3O. The van der Waals surface area contributed by atoms with Crippen LogP contribution in [0.5, 0.6) is 0 Å². The third-order valence-electron chi connectivity index (χ3n) is 3.20. The fourth-order valence-electron chi connectivity index (χ4n) is 2.01. The smallest absolute Gasteiger partial charge is 0.346 e. The van der Waals surface area contributed by atoms with E-state index >= 15 is 0 Å². The Morgan fingerprint density at radius 3 is 2.65 bits per heavy atom. The number of halogens is 4. The lowest BCUT2D eigenvalue weighted by Crippen LogP contribution is -2.23. The number of carbonyl (C=O) groups excluding carboxylic acids is 1. The van der Waals surface area contributed by atoms with Crippen LogP contribution in [0.1, 0.15) is 40.7 Å². The fraction of sp³-hybridized carbons (Fsp3) is 0.333. The van der Waals surface area contributed by atoms with Gasteiger partial charge in [0.2, 0.25) is 0 Å². The number of benzene rings is 1. The van der Waals surface area contributed by atoms with E-state index in [1.807, 2.05) is 6.92 Å². The minimum Gasteiger partial charge on any atom is -0.346 e. The molecule has 2 N–H and O–H groups in total. The molecule has 4 nitrogen and oxygen atoms in total. The molecule has 0 aliphatic rings. The third kappa shape index (κ3) is 4.30. The Morgan fingerprint density at radius 1 is 1.30 bits per heavy atom. The van der Waals surface area contributed by atoms with Crippen LogP contribution < -0.4 is 5.32 Å². The molecule has 0 atom stereocenters. The highest BCUT2D eigenvalue weighted by Gasteiger charge is 2.31. The summed E-state index contributed by atoms with van der Waals surface area (Å²) in [5.41, 5.74) is -0.142. The van der Waals surface area contributed by atoms with Crippen LogP contribution in [-0.4, -0.2) is 16.1 Å². The van der Waals surface area contributed by atoms with Crippen LogP contribution in [0, 0.1) is 5.82 Å². The van der Waals surface area contributed by atoms with Gasteiger partial charge in [-0.25, -0.2) is 4.39 Å². The molecule has 0 saturated heterocycles. The van der Waals surface area contributed by atoms with Gasteiger partial charge < -0.3 is 5.32 Å². The molecule has 0 saturated carbocycles. The van der Waals surface area contributed by atoms with E-state index in [0.717, 1.165) is 30.7 Å². The van der Waals surface area contributed by atoms with Crippen LogP contribution in [0.15, 0.2) is 24.3 Å². The van der Waals surface area contributed by atoms with Gasteiger partial charge in [-0.3, -0.25) is 9.89 Å². The van der Waals surface area contributed by atoms with Gasteiger partial charge in [-0.05, 0) is 24.6 Å². The Morgan fingerprint density at radius 2 is 2.04 bits per heavy atom. The lowest BCUT2D eigenvalue weighted by molar-refractivity contribution is -0.137. The zero-order chi connectivity index (χ0) is 17.0. The summed E-state index contributed by atoms with van der Waals surface area (Å²) >= 11 is 0. The quantitative estimate of drug-likeness (QED) is 0.826. The summed E-state index contributed by atoms with van der Waals surface area (Å²) in [6, 6.07) is 3.78. The number of aromatic amines is 1. The number of nitrogens with one attached hydrogen (secondary N) is 2. The summed E-state index contributed by atoms with van der Waals surface area (Å²) in [4.78, 5) is 11.9. The second-order valence-corrected chi connectivity index (χ2v) is 5.02. The van der Waals surface area contributed by atoms with E-state index in [-0.39, 0.29) is 17.8 Å². The molecule has 23 heavy (non-hydrogen) atoms. The Kier molecular flexibility index (Phi) is 5.02. The van der Waals surface area contributed by atoms with Gasteiger partial charge in [-0.1, -0.05) is 19.4 Å². The van der Waals surface area contributed by atoms with Crippen molar-refractivity contribution in [2.75, 3.05) is 0 Å². The van der Waals surface area contributed by atoms with Crippen LogP contribution in [0.3, 0.4) is 0 Å². The second kappa shape index (κ2) is 6.80. The van der Waals surface area contributed by atoms with Crippen molar-refractivity contribution in [3.63, 3.8) is 0 Å². The predicted octanol–water partition coefficient (Wildman–Crippen LogP) is 3.45. The maximum absolute atomic E-state index is 13.7. The highest BCUT2D eigenvalue weighted by atomic mass is 19.4. The minimum atomic E-state index is -4.60. The minimum absolute atomic E-state index is 0.0318. The molecule has 2 aromatic rings. The molecule has 2 rings (SSSR count). The number of nitrogens with zero attached hydrogens (tertiary/aromatic N) is 1. The number of amides is 1. The summed E-state index contributed by atoms with van der Waals surface area (Å²) in [6.07, 6.45) is -2.97. The number of rotatable bonds is 5. The van der Waals surface area contributed by atoms with Crippen molar-refractivity contribution in [1.29, 1.82) is 0 Å². The summed E-state index contributed by atoms with van der Waals surface area (Å²) in [7, 11) is 0. The first-order chi connectivity index (χ1) is 10.8. The fourth-order valence-corrected chi connectivity index (χ4v) is 2.01. The van der Waals surface area contributed by atoms with Crippen LogP contribution in [0.2, 0.25) is 0 Å².